The van der Waals surface area contributed by atoms with Crippen LogP contribution in [0.2, 0.25) is 0 Å². The van der Waals surface area contributed by atoms with Crippen LogP contribution in [0.25, 0.3) is 0 Å². The smallest absolute Gasteiger partial charge is 0.362 e. The summed E-state index contributed by atoms with van der Waals surface area (Å²) in [5, 5.41) is 6.53. The summed E-state index contributed by atoms with van der Waals surface area (Å²) in [6.45, 7) is 2.33. The fourth-order valence-corrected chi connectivity index (χ4v) is 3.56. The van der Waals surface area contributed by atoms with Gasteiger partial charge in [0.25, 0.3) is 5.91 Å². The number of nitrogens with one attached hydrogen (secondary N) is 1. The normalized spacial score (nSPS) is 14.5. The Kier molecular flexibility index (Phi) is 6.47. The van der Waals surface area contributed by atoms with E-state index in [1.807, 2.05) is 0 Å². The number of piperidine rings is 1. The van der Waals surface area contributed by atoms with Crippen molar-refractivity contribution in [3.05, 3.63) is 41.1 Å². The average Bonchev–Trinajstić information content (AvgIpc) is 3.16. The fourth-order valence-electron chi connectivity index (χ4n) is 3.00. The standard InChI is InChI=1S/C18H18F2N4O4S/c1-2-28-18(27)14-16(29-23-22-14)21-15(25)10-5-7-24(8-6-10)17(26)12-4-3-11(19)9-13(12)20/h3-4,9-10H,2,5-8H2,1H3,(H,21,25). The third-order valence-corrected chi connectivity index (χ3v) is 5.15. The molecule has 1 aromatic heterocycles. The molecule has 29 heavy (non-hydrogen) atoms. The van der Waals surface area contributed by atoms with E-state index in [4.69, 9.17) is 4.74 Å². The summed E-state index contributed by atoms with van der Waals surface area (Å²) in [5.74, 6) is -3.60. The van der Waals surface area contributed by atoms with Crippen molar-refractivity contribution in [2.75, 3.05) is 25.0 Å². The molecule has 0 spiro atoms. The van der Waals surface area contributed by atoms with Gasteiger partial charge in [-0.25, -0.2) is 13.6 Å². The third-order valence-electron chi connectivity index (χ3n) is 4.51. The lowest BCUT2D eigenvalue weighted by Crippen LogP contribution is -2.41. The molecule has 0 atom stereocenters. The molecule has 0 unspecified atom stereocenters. The number of carbonyl (C=O) groups is 3. The number of amides is 2. The van der Waals surface area contributed by atoms with Crippen LogP contribution in [0.3, 0.4) is 0 Å². The van der Waals surface area contributed by atoms with Crippen LogP contribution in [0.1, 0.15) is 40.6 Å². The Morgan fingerprint density at radius 3 is 2.66 bits per heavy atom. The lowest BCUT2D eigenvalue weighted by molar-refractivity contribution is -0.121. The maximum atomic E-state index is 13.8. The highest BCUT2D eigenvalue weighted by atomic mass is 32.1. The van der Waals surface area contributed by atoms with Crippen LogP contribution in [-0.2, 0) is 9.53 Å². The van der Waals surface area contributed by atoms with Crippen molar-refractivity contribution in [1.82, 2.24) is 14.5 Å². The van der Waals surface area contributed by atoms with E-state index in [9.17, 15) is 23.2 Å². The van der Waals surface area contributed by atoms with Gasteiger partial charge in [-0.3, -0.25) is 9.59 Å². The Hall–Kier alpha value is -2.95. The van der Waals surface area contributed by atoms with Gasteiger partial charge in [-0.1, -0.05) is 4.49 Å². The average molecular weight is 424 g/mol. The van der Waals surface area contributed by atoms with Crippen molar-refractivity contribution >= 4 is 34.3 Å². The lowest BCUT2D eigenvalue weighted by atomic mass is 9.95. The summed E-state index contributed by atoms with van der Waals surface area (Å²) >= 11 is 0.871. The second kappa shape index (κ2) is 9.03. The molecule has 1 fully saturated rings. The molecule has 154 valence electrons. The molecule has 2 heterocycles. The van der Waals surface area contributed by atoms with Crippen LogP contribution >= 0.6 is 11.5 Å². The zero-order chi connectivity index (χ0) is 21.0. The van der Waals surface area contributed by atoms with E-state index in [1.54, 1.807) is 6.92 Å². The molecule has 2 aromatic rings. The molecule has 0 saturated carbocycles. The zero-order valence-corrected chi connectivity index (χ0v) is 16.3. The monoisotopic (exact) mass is 424 g/mol. The second-order valence-corrected chi connectivity index (χ2v) is 7.11. The van der Waals surface area contributed by atoms with Gasteiger partial charge in [0, 0.05) is 36.6 Å². The maximum absolute atomic E-state index is 13.8. The van der Waals surface area contributed by atoms with Gasteiger partial charge in [0.1, 0.15) is 11.6 Å². The topological polar surface area (TPSA) is 101 Å². The van der Waals surface area contributed by atoms with Gasteiger partial charge >= 0.3 is 5.97 Å². The van der Waals surface area contributed by atoms with Crippen LogP contribution in [0.4, 0.5) is 13.8 Å². The quantitative estimate of drug-likeness (QED) is 0.740. The van der Waals surface area contributed by atoms with Crippen LogP contribution in [-0.4, -0.2) is 52.0 Å². The first-order chi connectivity index (χ1) is 13.9. The molecular weight excluding hydrogens is 406 g/mol. The Morgan fingerprint density at radius 2 is 2.00 bits per heavy atom. The molecule has 1 aliphatic rings. The minimum atomic E-state index is -0.918. The minimum absolute atomic E-state index is 0.0513. The van der Waals surface area contributed by atoms with Gasteiger partial charge in [0.2, 0.25) is 11.6 Å². The summed E-state index contributed by atoms with van der Waals surface area (Å²) in [6, 6.07) is 2.80. The molecule has 2 amide bonds. The minimum Gasteiger partial charge on any atom is -0.461 e. The SMILES string of the molecule is CCOC(=O)c1nnsc1NC(=O)C1CCN(C(=O)c2ccc(F)cc2F)CC1. The van der Waals surface area contributed by atoms with Crippen LogP contribution in [0, 0.1) is 17.6 Å². The Bertz CT molecular complexity index is 928. The molecule has 1 N–H and O–H groups in total. The van der Waals surface area contributed by atoms with Crippen molar-refractivity contribution in [3.8, 4) is 0 Å². The van der Waals surface area contributed by atoms with Crippen LogP contribution < -0.4 is 5.32 Å². The molecule has 1 aromatic carbocycles. The Labute approximate surface area is 169 Å². The molecule has 0 bridgehead atoms. The van der Waals surface area contributed by atoms with E-state index in [2.05, 4.69) is 14.9 Å². The molecule has 0 aliphatic carbocycles. The zero-order valence-electron chi connectivity index (χ0n) is 15.5. The third kappa shape index (κ3) is 4.73. The summed E-state index contributed by atoms with van der Waals surface area (Å²) in [7, 11) is 0. The highest BCUT2D eigenvalue weighted by Crippen LogP contribution is 2.24. The first-order valence-electron chi connectivity index (χ1n) is 8.95. The molecule has 11 heteroatoms. The van der Waals surface area contributed by atoms with Crippen LogP contribution in [0.15, 0.2) is 18.2 Å². The summed E-state index contributed by atoms with van der Waals surface area (Å²) in [4.78, 5) is 38.2. The maximum Gasteiger partial charge on any atom is 0.362 e. The number of ether oxygens (including phenoxy) is 1. The van der Waals surface area contributed by atoms with Gasteiger partial charge in [0.05, 0.1) is 12.2 Å². The molecule has 3 rings (SSSR count). The predicted octanol–water partition coefficient (Wildman–Crippen LogP) is 2.48. The van der Waals surface area contributed by atoms with E-state index in [0.29, 0.717) is 18.9 Å². The number of hydrogen-bond acceptors (Lipinski definition) is 7. The second-order valence-electron chi connectivity index (χ2n) is 6.35. The van der Waals surface area contributed by atoms with Crippen molar-refractivity contribution in [2.45, 2.75) is 19.8 Å². The number of carbonyl (C=O) groups excluding carboxylic acids is 3. The lowest BCUT2D eigenvalue weighted by Gasteiger charge is -2.31. The summed E-state index contributed by atoms with van der Waals surface area (Å²) in [5.41, 5.74) is -0.256. The number of rotatable bonds is 5. The first kappa shape index (κ1) is 20.8. The number of likely N-dealkylation sites (tertiary alicyclic amines) is 1. The van der Waals surface area contributed by atoms with Gasteiger partial charge in [-0.05, 0) is 31.9 Å². The number of hydrogen-bond donors (Lipinski definition) is 1. The molecular formula is C18H18F2N4O4S. The molecule has 0 radical (unpaired) electrons. The van der Waals surface area contributed by atoms with Crippen molar-refractivity contribution in [3.63, 3.8) is 0 Å². The van der Waals surface area contributed by atoms with Crippen LogP contribution in [0.5, 0.6) is 0 Å². The van der Waals surface area contributed by atoms with Gasteiger partial charge in [0.15, 0.2) is 5.00 Å². The Morgan fingerprint density at radius 1 is 1.28 bits per heavy atom. The van der Waals surface area contributed by atoms with Crippen molar-refractivity contribution in [2.24, 2.45) is 5.92 Å². The molecule has 1 aliphatic heterocycles. The summed E-state index contributed by atoms with van der Waals surface area (Å²) in [6.07, 6.45) is 0.725. The van der Waals surface area contributed by atoms with E-state index < -0.39 is 29.4 Å². The predicted molar refractivity (Wildman–Crippen MR) is 99.5 cm³/mol. The molecule has 8 nitrogen and oxygen atoms in total. The van der Waals surface area contributed by atoms with Gasteiger partial charge in [-0.2, -0.15) is 0 Å². The van der Waals surface area contributed by atoms with Crippen molar-refractivity contribution in [1.29, 1.82) is 0 Å². The number of aromatic nitrogens is 2. The fraction of sp³-hybridized carbons (Fsp3) is 0.389. The summed E-state index contributed by atoms with van der Waals surface area (Å²) < 4.78 is 35.4. The van der Waals surface area contributed by atoms with E-state index in [0.717, 1.165) is 23.7 Å². The number of nitrogens with zero attached hydrogens (tertiary/aromatic N) is 3. The van der Waals surface area contributed by atoms with Gasteiger partial charge < -0.3 is 15.0 Å². The highest BCUT2D eigenvalue weighted by molar-refractivity contribution is 7.10. The molecule has 1 saturated heterocycles. The Balaban J connectivity index is 1.58. The van der Waals surface area contributed by atoms with E-state index in [-0.39, 0.29) is 41.9 Å². The van der Waals surface area contributed by atoms with Crippen molar-refractivity contribution < 1.29 is 27.9 Å². The first-order valence-corrected chi connectivity index (χ1v) is 9.72. The number of halogens is 2. The number of anilines is 1. The highest BCUT2D eigenvalue weighted by Gasteiger charge is 2.30. The number of benzene rings is 1. The number of esters is 1. The van der Waals surface area contributed by atoms with E-state index >= 15 is 0 Å². The van der Waals surface area contributed by atoms with Gasteiger partial charge in [-0.15, -0.1) is 5.10 Å². The largest absolute Gasteiger partial charge is 0.461 e. The van der Waals surface area contributed by atoms with E-state index in [1.165, 1.54) is 4.90 Å².